The summed E-state index contributed by atoms with van der Waals surface area (Å²) in [6.07, 6.45) is 5.80. The highest BCUT2D eigenvalue weighted by atomic mass is 32.1. The molecule has 1 atom stereocenters. The van der Waals surface area contributed by atoms with E-state index in [4.69, 9.17) is 9.47 Å². The third-order valence-corrected chi connectivity index (χ3v) is 6.55. The second kappa shape index (κ2) is 10.3. The Hall–Kier alpha value is -2.39. The fourth-order valence-electron chi connectivity index (χ4n) is 4.00. The predicted molar refractivity (Wildman–Crippen MR) is 123 cm³/mol. The van der Waals surface area contributed by atoms with Crippen molar-refractivity contribution in [1.29, 1.82) is 0 Å². The number of anilines is 1. The summed E-state index contributed by atoms with van der Waals surface area (Å²) in [5.74, 6) is 0.875. The molecule has 0 radical (unpaired) electrons. The van der Waals surface area contributed by atoms with Gasteiger partial charge in [0, 0.05) is 25.4 Å². The van der Waals surface area contributed by atoms with Crippen LogP contribution in [0, 0.1) is 0 Å². The van der Waals surface area contributed by atoms with E-state index in [1.54, 1.807) is 7.11 Å². The maximum Gasteiger partial charge on any atom is 0.265 e. The Balaban J connectivity index is 1.48. The van der Waals surface area contributed by atoms with Crippen molar-refractivity contribution in [1.82, 2.24) is 15.2 Å². The fraction of sp³-hybridized carbons (Fsp3) is 0.435. The molecular weight excluding hydrogens is 412 g/mol. The number of piperidine rings is 1. The van der Waals surface area contributed by atoms with Gasteiger partial charge in [-0.3, -0.25) is 9.80 Å². The molecule has 4 rings (SSSR count). The lowest BCUT2D eigenvalue weighted by atomic mass is 10.0. The van der Waals surface area contributed by atoms with Gasteiger partial charge in [0.1, 0.15) is 18.5 Å². The summed E-state index contributed by atoms with van der Waals surface area (Å²) in [7, 11) is 3.80. The standard InChI is InChI=1S/C23H30N4O3S/c1-25-11-8-18(9-12-25)27(23(28)21-7-4-16-31-21)22-10-13-26(24-22)19-5-3-6-20(17-19)30-15-14-29-2/h3-7,10,13,16-18,22,24H,8-9,11-12,14-15H2,1-2H3. The minimum Gasteiger partial charge on any atom is -0.491 e. The summed E-state index contributed by atoms with van der Waals surface area (Å²) in [5, 5.41) is 3.91. The van der Waals surface area contributed by atoms with Crippen LogP contribution >= 0.6 is 11.3 Å². The van der Waals surface area contributed by atoms with Crippen molar-refractivity contribution in [2.24, 2.45) is 0 Å². The molecule has 1 amide bonds. The van der Waals surface area contributed by atoms with Gasteiger partial charge in [-0.2, -0.15) is 0 Å². The molecule has 2 aliphatic heterocycles. The number of hydrogen-bond acceptors (Lipinski definition) is 7. The van der Waals surface area contributed by atoms with Crippen molar-refractivity contribution in [3.05, 3.63) is 58.9 Å². The zero-order valence-corrected chi connectivity index (χ0v) is 18.9. The molecule has 0 saturated carbocycles. The van der Waals surface area contributed by atoms with Crippen molar-refractivity contribution in [2.75, 3.05) is 45.5 Å². The molecule has 0 aliphatic carbocycles. The summed E-state index contributed by atoms with van der Waals surface area (Å²) in [4.78, 5) is 18.5. The topological polar surface area (TPSA) is 57.3 Å². The number of amides is 1. The maximum absolute atomic E-state index is 13.4. The summed E-state index contributed by atoms with van der Waals surface area (Å²) >= 11 is 1.50. The molecule has 7 nitrogen and oxygen atoms in total. The van der Waals surface area contributed by atoms with Gasteiger partial charge in [-0.1, -0.05) is 12.1 Å². The second-order valence-corrected chi connectivity index (χ2v) is 8.80. The summed E-state index contributed by atoms with van der Waals surface area (Å²) in [5.41, 5.74) is 4.45. The number of nitrogens with zero attached hydrogens (tertiary/aromatic N) is 3. The maximum atomic E-state index is 13.4. The molecule has 1 aromatic carbocycles. The number of methoxy groups -OCH3 is 1. The number of hydrazine groups is 1. The molecule has 1 aromatic heterocycles. The van der Waals surface area contributed by atoms with E-state index in [0.717, 1.165) is 42.2 Å². The third kappa shape index (κ3) is 5.27. The third-order valence-electron chi connectivity index (χ3n) is 5.69. The minimum atomic E-state index is -0.193. The molecule has 0 bridgehead atoms. The highest BCUT2D eigenvalue weighted by Crippen LogP contribution is 2.27. The SMILES string of the molecule is COCCOc1cccc(N2C=CC(N(C(=O)c3cccs3)C3CCN(C)CC3)N2)c1. The van der Waals surface area contributed by atoms with Crippen molar-refractivity contribution in [2.45, 2.75) is 25.0 Å². The molecule has 0 spiro atoms. The fourth-order valence-corrected chi connectivity index (χ4v) is 4.66. The van der Waals surface area contributed by atoms with Crippen molar-refractivity contribution < 1.29 is 14.3 Å². The molecular formula is C23H30N4O3S. The first-order chi connectivity index (χ1) is 15.2. The van der Waals surface area contributed by atoms with Crippen LogP contribution in [0.25, 0.3) is 0 Å². The Kier molecular flexibility index (Phi) is 7.24. The van der Waals surface area contributed by atoms with Crippen LogP contribution in [0.1, 0.15) is 22.5 Å². The Labute approximate surface area is 187 Å². The molecule has 1 unspecified atom stereocenters. The van der Waals surface area contributed by atoms with Gasteiger partial charge in [-0.05, 0) is 62.6 Å². The van der Waals surface area contributed by atoms with Gasteiger partial charge < -0.3 is 19.3 Å². The van der Waals surface area contributed by atoms with Crippen LogP contribution in [0.4, 0.5) is 5.69 Å². The molecule has 1 fully saturated rings. The van der Waals surface area contributed by atoms with E-state index in [9.17, 15) is 4.79 Å². The van der Waals surface area contributed by atoms with Gasteiger partial charge in [0.05, 0.1) is 17.2 Å². The van der Waals surface area contributed by atoms with Crippen molar-refractivity contribution in [3.63, 3.8) is 0 Å². The summed E-state index contributed by atoms with van der Waals surface area (Å²) in [6, 6.07) is 11.9. The van der Waals surface area contributed by atoms with Crippen molar-refractivity contribution in [3.8, 4) is 5.75 Å². The molecule has 3 heterocycles. The first-order valence-electron chi connectivity index (χ1n) is 10.7. The number of nitrogens with one attached hydrogen (secondary N) is 1. The number of carbonyl (C=O) groups is 1. The van der Waals surface area contributed by atoms with E-state index in [1.165, 1.54) is 11.3 Å². The Morgan fingerprint density at radius 1 is 1.23 bits per heavy atom. The number of thiophene rings is 1. The Bertz CT molecular complexity index is 881. The first kappa shape index (κ1) is 21.8. The van der Waals surface area contributed by atoms with E-state index in [-0.39, 0.29) is 18.1 Å². The van der Waals surface area contributed by atoms with Crippen LogP contribution in [-0.2, 0) is 4.74 Å². The average Bonchev–Trinajstić information content (AvgIpc) is 3.48. The zero-order valence-electron chi connectivity index (χ0n) is 18.1. The van der Waals surface area contributed by atoms with Gasteiger partial charge in [0.25, 0.3) is 5.91 Å². The van der Waals surface area contributed by atoms with Crippen LogP contribution in [0.15, 0.2) is 54.1 Å². The number of ether oxygens (including phenoxy) is 2. The minimum absolute atomic E-state index is 0.0882. The number of hydrogen-bond donors (Lipinski definition) is 1. The van der Waals surface area contributed by atoms with Crippen LogP contribution < -0.4 is 15.2 Å². The van der Waals surface area contributed by atoms with E-state index in [1.807, 2.05) is 57.9 Å². The molecule has 31 heavy (non-hydrogen) atoms. The molecule has 1 N–H and O–H groups in total. The zero-order chi connectivity index (χ0) is 21.6. The second-order valence-electron chi connectivity index (χ2n) is 7.85. The highest BCUT2D eigenvalue weighted by molar-refractivity contribution is 7.12. The quantitative estimate of drug-likeness (QED) is 0.634. The smallest absolute Gasteiger partial charge is 0.265 e. The van der Waals surface area contributed by atoms with Gasteiger partial charge in [-0.25, -0.2) is 5.43 Å². The monoisotopic (exact) mass is 442 g/mol. The van der Waals surface area contributed by atoms with Gasteiger partial charge in [0.2, 0.25) is 0 Å². The summed E-state index contributed by atoms with van der Waals surface area (Å²) in [6.45, 7) is 3.05. The Morgan fingerprint density at radius 2 is 2.06 bits per heavy atom. The summed E-state index contributed by atoms with van der Waals surface area (Å²) < 4.78 is 10.8. The molecule has 166 valence electrons. The number of benzene rings is 1. The molecule has 2 aliphatic rings. The van der Waals surface area contributed by atoms with Crippen molar-refractivity contribution >= 4 is 22.9 Å². The van der Waals surface area contributed by atoms with Gasteiger partial charge in [0.15, 0.2) is 0 Å². The molecule has 8 heteroatoms. The van der Waals surface area contributed by atoms with E-state index in [2.05, 4.69) is 23.4 Å². The number of carbonyl (C=O) groups excluding carboxylic acids is 1. The average molecular weight is 443 g/mol. The van der Waals surface area contributed by atoms with Crippen LogP contribution in [0.2, 0.25) is 0 Å². The lowest BCUT2D eigenvalue weighted by Crippen LogP contribution is -2.56. The number of rotatable bonds is 8. The van der Waals surface area contributed by atoms with E-state index in [0.29, 0.717) is 13.2 Å². The van der Waals surface area contributed by atoms with E-state index < -0.39 is 0 Å². The van der Waals surface area contributed by atoms with Crippen LogP contribution in [0.3, 0.4) is 0 Å². The molecule has 2 aromatic rings. The van der Waals surface area contributed by atoms with E-state index >= 15 is 0 Å². The number of likely N-dealkylation sites (tertiary alicyclic amines) is 1. The highest BCUT2D eigenvalue weighted by Gasteiger charge is 2.35. The first-order valence-corrected chi connectivity index (χ1v) is 11.5. The Morgan fingerprint density at radius 3 is 2.81 bits per heavy atom. The lowest BCUT2D eigenvalue weighted by Gasteiger charge is -2.40. The van der Waals surface area contributed by atoms with Crippen LogP contribution in [0.5, 0.6) is 5.75 Å². The normalized spacial score (nSPS) is 19.7. The van der Waals surface area contributed by atoms with Gasteiger partial charge in [-0.15, -0.1) is 11.3 Å². The van der Waals surface area contributed by atoms with Gasteiger partial charge >= 0.3 is 0 Å². The predicted octanol–water partition coefficient (Wildman–Crippen LogP) is 3.17. The lowest BCUT2D eigenvalue weighted by molar-refractivity contribution is 0.0492. The molecule has 1 saturated heterocycles. The largest absolute Gasteiger partial charge is 0.491 e. The van der Waals surface area contributed by atoms with Crippen LogP contribution in [-0.4, -0.2) is 68.4 Å².